The molecule has 72 valence electrons. The molecule has 0 amide bonds. The predicted molar refractivity (Wildman–Crippen MR) is 51.9 cm³/mol. The molecule has 0 radical (unpaired) electrons. The van der Waals surface area contributed by atoms with E-state index < -0.39 is 0 Å². The monoisotopic (exact) mass is 190 g/mol. The lowest BCUT2D eigenvalue weighted by atomic mass is 10.2. The fraction of sp³-hybridized carbons (Fsp3) is 0.125. The maximum atomic E-state index is 8.28. The lowest BCUT2D eigenvalue weighted by molar-refractivity contribution is 0.865. The minimum atomic E-state index is -0.321. The number of guanidine groups is 1. The summed E-state index contributed by atoms with van der Waals surface area (Å²) < 4.78 is 0. The van der Waals surface area contributed by atoms with Gasteiger partial charge in [-0.25, -0.2) is 9.98 Å². The number of aromatic nitrogens is 2. The highest BCUT2D eigenvalue weighted by Gasteiger charge is 2.06. The van der Waals surface area contributed by atoms with E-state index in [1.54, 1.807) is 18.5 Å². The molecule has 1 atom stereocenters. The Labute approximate surface area is 81.2 Å². The predicted octanol–water partition coefficient (Wildman–Crippen LogP) is 0.0222. The third-order valence-electron chi connectivity index (χ3n) is 1.52. The number of aromatic amines is 1. The number of nitrogens with two attached hydrogens (primary N) is 1. The van der Waals surface area contributed by atoms with Crippen molar-refractivity contribution in [2.45, 2.75) is 6.04 Å². The number of H-pyrrole nitrogens is 1. The first-order chi connectivity index (χ1) is 6.77. The van der Waals surface area contributed by atoms with Gasteiger partial charge in [0.2, 0.25) is 5.96 Å². The molecule has 0 fully saturated rings. The van der Waals surface area contributed by atoms with Crippen molar-refractivity contribution in [1.29, 1.82) is 5.26 Å². The summed E-state index contributed by atoms with van der Waals surface area (Å²) in [6.07, 6.45) is 6.43. The van der Waals surface area contributed by atoms with E-state index in [1.807, 2.05) is 0 Å². The van der Waals surface area contributed by atoms with E-state index in [9.17, 15) is 0 Å². The van der Waals surface area contributed by atoms with Gasteiger partial charge in [-0.05, 0) is 0 Å². The average molecular weight is 190 g/mol. The smallest absolute Gasteiger partial charge is 0.203 e. The van der Waals surface area contributed by atoms with Crippen molar-refractivity contribution in [3.05, 3.63) is 30.9 Å². The second-order valence-electron chi connectivity index (χ2n) is 2.44. The molecule has 1 rings (SSSR count). The van der Waals surface area contributed by atoms with E-state index in [4.69, 9.17) is 11.0 Å². The van der Waals surface area contributed by atoms with E-state index in [-0.39, 0.29) is 12.0 Å². The summed E-state index contributed by atoms with van der Waals surface area (Å²) in [4.78, 5) is 10.7. The van der Waals surface area contributed by atoms with Gasteiger partial charge in [-0.1, -0.05) is 6.08 Å². The summed E-state index contributed by atoms with van der Waals surface area (Å²) in [6, 6.07) is -0.321. The number of nitrogens with zero attached hydrogens (tertiary/aromatic N) is 3. The van der Waals surface area contributed by atoms with Crippen molar-refractivity contribution in [3.8, 4) is 6.19 Å². The third-order valence-corrected chi connectivity index (χ3v) is 1.52. The van der Waals surface area contributed by atoms with Crippen LogP contribution in [0.15, 0.2) is 30.2 Å². The molecule has 6 heteroatoms. The second kappa shape index (κ2) is 4.67. The lowest BCUT2D eigenvalue weighted by Crippen LogP contribution is -2.27. The van der Waals surface area contributed by atoms with Crippen LogP contribution in [-0.4, -0.2) is 15.9 Å². The van der Waals surface area contributed by atoms with Crippen LogP contribution in [0.4, 0.5) is 0 Å². The first-order valence-electron chi connectivity index (χ1n) is 3.87. The number of imidazole rings is 1. The van der Waals surface area contributed by atoms with E-state index in [0.29, 0.717) is 0 Å². The first-order valence-corrected chi connectivity index (χ1v) is 3.87. The zero-order chi connectivity index (χ0) is 10.4. The SMILES string of the molecule is C=CC(N=C(N)NC#N)c1cnc[nH]1. The number of hydrogen-bond acceptors (Lipinski definition) is 3. The zero-order valence-corrected chi connectivity index (χ0v) is 7.44. The molecule has 14 heavy (non-hydrogen) atoms. The zero-order valence-electron chi connectivity index (χ0n) is 7.44. The largest absolute Gasteiger partial charge is 0.369 e. The molecule has 0 aliphatic rings. The molecule has 1 aromatic rings. The number of rotatable bonds is 3. The van der Waals surface area contributed by atoms with Gasteiger partial charge in [0.1, 0.15) is 6.04 Å². The highest BCUT2D eigenvalue weighted by molar-refractivity contribution is 5.79. The molecule has 0 bridgehead atoms. The van der Waals surface area contributed by atoms with Crippen LogP contribution in [0.3, 0.4) is 0 Å². The maximum Gasteiger partial charge on any atom is 0.203 e. The van der Waals surface area contributed by atoms with Crippen LogP contribution in [-0.2, 0) is 0 Å². The Bertz CT molecular complexity index is 358. The van der Waals surface area contributed by atoms with Gasteiger partial charge in [-0.2, -0.15) is 5.26 Å². The van der Waals surface area contributed by atoms with Gasteiger partial charge < -0.3 is 10.7 Å². The molecule has 0 aliphatic heterocycles. The van der Waals surface area contributed by atoms with E-state index >= 15 is 0 Å². The fourth-order valence-corrected chi connectivity index (χ4v) is 0.917. The highest BCUT2D eigenvalue weighted by Crippen LogP contribution is 2.14. The van der Waals surface area contributed by atoms with Crippen LogP contribution < -0.4 is 11.1 Å². The summed E-state index contributed by atoms with van der Waals surface area (Å²) in [5.41, 5.74) is 6.17. The Morgan fingerprint density at radius 1 is 1.93 bits per heavy atom. The lowest BCUT2D eigenvalue weighted by Gasteiger charge is -2.04. The fourth-order valence-electron chi connectivity index (χ4n) is 0.917. The summed E-state index contributed by atoms with van der Waals surface area (Å²) in [5, 5.41) is 10.5. The maximum absolute atomic E-state index is 8.28. The van der Waals surface area contributed by atoms with Crippen molar-refractivity contribution in [1.82, 2.24) is 15.3 Å². The quantitative estimate of drug-likeness (QED) is 0.205. The Morgan fingerprint density at radius 2 is 2.71 bits per heavy atom. The van der Waals surface area contributed by atoms with Crippen molar-refractivity contribution >= 4 is 5.96 Å². The van der Waals surface area contributed by atoms with Crippen molar-refractivity contribution < 1.29 is 0 Å². The standard InChI is InChI=1S/C8H10N6/c1-2-6(7-3-11-5-13-7)14-8(10)12-4-9/h2-3,5-6H,1H2,(H,11,13)(H3,10,12,14). The molecule has 1 aromatic heterocycles. The van der Waals surface area contributed by atoms with Gasteiger partial charge >= 0.3 is 0 Å². The molecule has 0 spiro atoms. The van der Waals surface area contributed by atoms with Crippen LogP contribution in [0.25, 0.3) is 0 Å². The van der Waals surface area contributed by atoms with Crippen LogP contribution in [0.2, 0.25) is 0 Å². The number of nitrogens with one attached hydrogen (secondary N) is 2. The van der Waals surface area contributed by atoms with Crippen molar-refractivity contribution in [3.63, 3.8) is 0 Å². The van der Waals surface area contributed by atoms with Gasteiger partial charge in [0.15, 0.2) is 6.19 Å². The number of hydrogen-bond donors (Lipinski definition) is 3. The summed E-state index contributed by atoms with van der Waals surface area (Å²) in [7, 11) is 0. The first kappa shape index (κ1) is 9.80. The minimum Gasteiger partial charge on any atom is -0.369 e. The Hall–Kier alpha value is -2.29. The molecule has 6 nitrogen and oxygen atoms in total. The van der Waals surface area contributed by atoms with Gasteiger partial charge in [0.25, 0.3) is 0 Å². The number of aliphatic imine (C=N–C) groups is 1. The van der Waals surface area contributed by atoms with Crippen LogP contribution in [0.5, 0.6) is 0 Å². The van der Waals surface area contributed by atoms with Gasteiger partial charge in [0.05, 0.1) is 18.2 Å². The van der Waals surface area contributed by atoms with E-state index in [1.165, 1.54) is 6.33 Å². The molecule has 0 saturated carbocycles. The topological polar surface area (TPSA) is 103 Å². The molecule has 4 N–H and O–H groups in total. The second-order valence-corrected chi connectivity index (χ2v) is 2.44. The molecule has 0 aliphatic carbocycles. The number of nitriles is 1. The third kappa shape index (κ3) is 2.35. The summed E-state index contributed by atoms with van der Waals surface area (Å²) >= 11 is 0. The normalized spacial score (nSPS) is 12.9. The van der Waals surface area contributed by atoms with Crippen molar-refractivity contribution in [2.24, 2.45) is 10.7 Å². The highest BCUT2D eigenvalue weighted by atomic mass is 15.1. The van der Waals surface area contributed by atoms with E-state index in [0.717, 1.165) is 5.69 Å². The van der Waals surface area contributed by atoms with Gasteiger partial charge in [-0.3, -0.25) is 5.32 Å². The summed E-state index contributed by atoms with van der Waals surface area (Å²) in [5.74, 6) is 0.0481. The molecular weight excluding hydrogens is 180 g/mol. The Kier molecular flexibility index (Phi) is 3.27. The Morgan fingerprint density at radius 3 is 3.21 bits per heavy atom. The molecule has 0 aromatic carbocycles. The van der Waals surface area contributed by atoms with Gasteiger partial charge in [-0.15, -0.1) is 6.58 Å². The van der Waals surface area contributed by atoms with Gasteiger partial charge in [0, 0.05) is 0 Å². The van der Waals surface area contributed by atoms with Crippen LogP contribution >= 0.6 is 0 Å². The average Bonchev–Trinajstić information content (AvgIpc) is 2.67. The van der Waals surface area contributed by atoms with Crippen molar-refractivity contribution in [2.75, 3.05) is 0 Å². The Balaban J connectivity index is 2.79. The molecule has 1 heterocycles. The molecule has 1 unspecified atom stereocenters. The van der Waals surface area contributed by atoms with Crippen LogP contribution in [0.1, 0.15) is 11.7 Å². The minimum absolute atomic E-state index is 0.0481. The van der Waals surface area contributed by atoms with E-state index in [2.05, 4.69) is 26.9 Å². The molecule has 0 saturated heterocycles. The molecular formula is C8H10N6. The van der Waals surface area contributed by atoms with Crippen LogP contribution in [0, 0.1) is 11.5 Å². The summed E-state index contributed by atoms with van der Waals surface area (Å²) in [6.45, 7) is 3.61.